The molecule has 0 bridgehead atoms. The van der Waals surface area contributed by atoms with Crippen molar-refractivity contribution in [2.45, 2.75) is 11.3 Å². The molecule has 1 aromatic carbocycles. The molecule has 70 valence electrons. The highest BCUT2D eigenvalue weighted by molar-refractivity contribution is 7.99. The average molecular weight is 198 g/mol. The summed E-state index contributed by atoms with van der Waals surface area (Å²) in [6.45, 7) is 0.197. The average Bonchev–Trinajstić information content (AvgIpc) is 2.16. The molecule has 13 heavy (non-hydrogen) atoms. The fourth-order valence-electron chi connectivity index (χ4n) is 1.54. The van der Waals surface area contributed by atoms with E-state index in [9.17, 15) is 4.39 Å². The van der Waals surface area contributed by atoms with Gasteiger partial charge in [0.1, 0.15) is 5.82 Å². The third-order valence-corrected chi connectivity index (χ3v) is 3.61. The predicted octanol–water partition coefficient (Wildman–Crippen LogP) is 2.08. The van der Waals surface area contributed by atoms with E-state index in [1.165, 1.54) is 6.07 Å². The number of fused-ring (bicyclic) bond motifs is 1. The quantitative estimate of drug-likeness (QED) is 0.745. The maximum Gasteiger partial charge on any atom is 0.123 e. The molecule has 2 rings (SSSR count). The first-order valence-electron chi connectivity index (χ1n) is 4.31. The fourth-order valence-corrected chi connectivity index (χ4v) is 2.67. The van der Waals surface area contributed by atoms with Gasteiger partial charge in [-0.25, -0.2) is 4.39 Å². The topological polar surface area (TPSA) is 20.2 Å². The second kappa shape index (κ2) is 3.68. The van der Waals surface area contributed by atoms with E-state index in [0.717, 1.165) is 22.6 Å². The summed E-state index contributed by atoms with van der Waals surface area (Å²) in [6.07, 6.45) is 0.802. The van der Waals surface area contributed by atoms with Crippen molar-refractivity contribution in [2.24, 2.45) is 5.92 Å². The van der Waals surface area contributed by atoms with Crippen molar-refractivity contribution in [1.29, 1.82) is 0 Å². The Morgan fingerprint density at radius 1 is 1.54 bits per heavy atom. The molecule has 0 aromatic heterocycles. The Morgan fingerprint density at radius 3 is 3.15 bits per heavy atom. The van der Waals surface area contributed by atoms with Crippen LogP contribution in [0.15, 0.2) is 23.1 Å². The van der Waals surface area contributed by atoms with Crippen molar-refractivity contribution in [3.63, 3.8) is 0 Å². The first kappa shape index (κ1) is 9.03. The number of thioether (sulfide) groups is 1. The Bertz CT molecular complexity index is 314. The van der Waals surface area contributed by atoms with Gasteiger partial charge in [-0.1, -0.05) is 0 Å². The summed E-state index contributed by atoms with van der Waals surface area (Å²) in [6, 6.07) is 4.89. The molecule has 0 amide bonds. The van der Waals surface area contributed by atoms with Crippen molar-refractivity contribution < 1.29 is 9.50 Å². The number of rotatable bonds is 1. The van der Waals surface area contributed by atoms with E-state index in [1.54, 1.807) is 17.8 Å². The smallest absolute Gasteiger partial charge is 0.123 e. The SMILES string of the molecule is OCC1CSc2ccc(F)cc2C1. The van der Waals surface area contributed by atoms with E-state index < -0.39 is 0 Å². The zero-order valence-corrected chi connectivity index (χ0v) is 7.98. The molecule has 1 aliphatic heterocycles. The van der Waals surface area contributed by atoms with Gasteiger partial charge in [-0.05, 0) is 36.1 Å². The van der Waals surface area contributed by atoms with Gasteiger partial charge >= 0.3 is 0 Å². The molecule has 1 aliphatic rings. The lowest BCUT2D eigenvalue weighted by Gasteiger charge is -2.22. The van der Waals surface area contributed by atoms with Crippen LogP contribution in [0, 0.1) is 11.7 Å². The number of aliphatic hydroxyl groups is 1. The van der Waals surface area contributed by atoms with Crippen LogP contribution in [-0.2, 0) is 6.42 Å². The highest BCUT2D eigenvalue weighted by Gasteiger charge is 2.18. The van der Waals surface area contributed by atoms with Gasteiger partial charge in [0.25, 0.3) is 0 Å². The third-order valence-electron chi connectivity index (χ3n) is 2.26. The highest BCUT2D eigenvalue weighted by atomic mass is 32.2. The Labute approximate surface area is 81.0 Å². The predicted molar refractivity (Wildman–Crippen MR) is 51.4 cm³/mol. The molecule has 0 aliphatic carbocycles. The third kappa shape index (κ3) is 1.86. The van der Waals surface area contributed by atoms with Crippen LogP contribution in [0.2, 0.25) is 0 Å². The van der Waals surface area contributed by atoms with Crippen LogP contribution >= 0.6 is 11.8 Å². The minimum atomic E-state index is -0.182. The van der Waals surface area contributed by atoms with E-state index in [1.807, 2.05) is 6.07 Å². The van der Waals surface area contributed by atoms with Crippen LogP contribution in [0.25, 0.3) is 0 Å². The molecule has 1 aromatic rings. The second-order valence-electron chi connectivity index (χ2n) is 3.32. The molecule has 1 atom stereocenters. The van der Waals surface area contributed by atoms with Gasteiger partial charge in [0.05, 0.1) is 0 Å². The number of benzene rings is 1. The van der Waals surface area contributed by atoms with E-state index >= 15 is 0 Å². The Kier molecular flexibility index (Phi) is 2.56. The molecule has 1 heterocycles. The Balaban J connectivity index is 2.27. The molecular weight excluding hydrogens is 187 g/mol. The van der Waals surface area contributed by atoms with Gasteiger partial charge in [0.2, 0.25) is 0 Å². The Hall–Kier alpha value is -0.540. The van der Waals surface area contributed by atoms with E-state index in [-0.39, 0.29) is 12.4 Å². The second-order valence-corrected chi connectivity index (χ2v) is 4.38. The summed E-state index contributed by atoms with van der Waals surface area (Å²) < 4.78 is 12.9. The molecule has 3 heteroatoms. The van der Waals surface area contributed by atoms with Gasteiger partial charge in [0.15, 0.2) is 0 Å². The van der Waals surface area contributed by atoms with Gasteiger partial charge < -0.3 is 5.11 Å². The number of halogens is 1. The molecule has 0 saturated heterocycles. The minimum Gasteiger partial charge on any atom is -0.396 e. The van der Waals surface area contributed by atoms with E-state index in [0.29, 0.717) is 5.92 Å². The molecule has 0 saturated carbocycles. The molecular formula is C10H11FOS. The monoisotopic (exact) mass is 198 g/mol. The summed E-state index contributed by atoms with van der Waals surface area (Å²) in [4.78, 5) is 1.16. The number of hydrogen-bond donors (Lipinski definition) is 1. The largest absolute Gasteiger partial charge is 0.396 e. The van der Waals surface area contributed by atoms with Crippen molar-refractivity contribution in [3.05, 3.63) is 29.6 Å². The van der Waals surface area contributed by atoms with Crippen LogP contribution in [0.3, 0.4) is 0 Å². The first-order chi connectivity index (χ1) is 6.29. The van der Waals surface area contributed by atoms with Crippen LogP contribution < -0.4 is 0 Å². The first-order valence-corrected chi connectivity index (χ1v) is 5.30. The minimum absolute atomic E-state index is 0.182. The van der Waals surface area contributed by atoms with Crippen molar-refractivity contribution in [1.82, 2.24) is 0 Å². The zero-order valence-electron chi connectivity index (χ0n) is 7.16. The lowest BCUT2D eigenvalue weighted by molar-refractivity contribution is 0.238. The molecule has 0 radical (unpaired) electrons. The summed E-state index contributed by atoms with van der Waals surface area (Å²) in [7, 11) is 0. The number of hydrogen-bond acceptors (Lipinski definition) is 2. The lowest BCUT2D eigenvalue weighted by atomic mass is 10.0. The maximum atomic E-state index is 12.9. The molecule has 1 N–H and O–H groups in total. The maximum absolute atomic E-state index is 12.9. The van der Waals surface area contributed by atoms with Gasteiger partial charge in [-0.3, -0.25) is 0 Å². The summed E-state index contributed by atoms with van der Waals surface area (Å²) in [5.74, 6) is 1.05. The molecule has 0 spiro atoms. The van der Waals surface area contributed by atoms with Crippen LogP contribution in [0.1, 0.15) is 5.56 Å². The summed E-state index contributed by atoms with van der Waals surface area (Å²) in [5, 5.41) is 8.98. The molecule has 1 unspecified atom stereocenters. The van der Waals surface area contributed by atoms with Gasteiger partial charge in [0, 0.05) is 17.3 Å². The normalized spacial score (nSPS) is 21.2. The van der Waals surface area contributed by atoms with Gasteiger partial charge in [-0.2, -0.15) is 0 Å². The zero-order chi connectivity index (χ0) is 9.26. The lowest BCUT2D eigenvalue weighted by Crippen LogP contribution is -2.17. The van der Waals surface area contributed by atoms with Crippen molar-refractivity contribution in [3.8, 4) is 0 Å². The highest BCUT2D eigenvalue weighted by Crippen LogP contribution is 2.32. The van der Waals surface area contributed by atoms with Crippen molar-refractivity contribution in [2.75, 3.05) is 12.4 Å². The molecule has 1 nitrogen and oxygen atoms in total. The standard InChI is InChI=1S/C10H11FOS/c11-9-1-2-10-8(4-9)3-7(5-12)6-13-10/h1-2,4,7,12H,3,5-6H2. The van der Waals surface area contributed by atoms with Crippen LogP contribution in [-0.4, -0.2) is 17.5 Å². The van der Waals surface area contributed by atoms with Crippen LogP contribution in [0.4, 0.5) is 4.39 Å². The summed E-state index contributed by atoms with van der Waals surface area (Å²) >= 11 is 1.70. The fraction of sp³-hybridized carbons (Fsp3) is 0.400. The van der Waals surface area contributed by atoms with Crippen LogP contribution in [0.5, 0.6) is 0 Å². The molecule has 0 fully saturated rings. The van der Waals surface area contributed by atoms with Gasteiger partial charge in [-0.15, -0.1) is 11.8 Å². The van der Waals surface area contributed by atoms with E-state index in [4.69, 9.17) is 5.11 Å². The Morgan fingerprint density at radius 2 is 2.38 bits per heavy atom. The van der Waals surface area contributed by atoms with Crippen molar-refractivity contribution >= 4 is 11.8 Å². The summed E-state index contributed by atoms with van der Waals surface area (Å²) in [5.41, 5.74) is 1.04. The number of aliphatic hydroxyl groups excluding tert-OH is 1. The van der Waals surface area contributed by atoms with E-state index in [2.05, 4.69) is 0 Å².